The van der Waals surface area contributed by atoms with E-state index in [1.54, 1.807) is 0 Å². The number of amides is 1. The third-order valence-corrected chi connectivity index (χ3v) is 2.48. The molecule has 4 nitrogen and oxygen atoms in total. The Kier molecular flexibility index (Phi) is 3.05. The van der Waals surface area contributed by atoms with Gasteiger partial charge in [0.2, 0.25) is 5.91 Å². The van der Waals surface area contributed by atoms with Gasteiger partial charge in [-0.1, -0.05) is 0 Å². The fraction of sp³-hybridized carbons (Fsp3) is 0.875. The van der Waals surface area contributed by atoms with E-state index in [2.05, 4.69) is 23.8 Å². The number of hydrogen-bond donors (Lipinski definition) is 1. The Morgan fingerprint density at radius 2 is 2.25 bits per heavy atom. The molecular formula is C8H17N3O. The highest BCUT2D eigenvalue weighted by Gasteiger charge is 2.23. The standard InChI is InChI=1S/C8H17N3O/c1-7-10(2)4-3-5-11(7)6-8(9)12/h7H,3-6H2,1-2H3,(H2,9,12). The summed E-state index contributed by atoms with van der Waals surface area (Å²) in [5.74, 6) is -0.239. The molecule has 1 atom stereocenters. The van der Waals surface area contributed by atoms with Crippen molar-refractivity contribution in [1.29, 1.82) is 0 Å². The van der Waals surface area contributed by atoms with Crippen LogP contribution in [0.2, 0.25) is 0 Å². The quantitative estimate of drug-likeness (QED) is 0.607. The number of hydrogen-bond acceptors (Lipinski definition) is 3. The minimum atomic E-state index is -0.239. The lowest BCUT2D eigenvalue weighted by Gasteiger charge is -2.39. The molecule has 2 N–H and O–H groups in total. The lowest BCUT2D eigenvalue weighted by atomic mass is 10.2. The molecule has 0 spiro atoms. The van der Waals surface area contributed by atoms with E-state index in [1.807, 2.05) is 0 Å². The van der Waals surface area contributed by atoms with E-state index in [4.69, 9.17) is 5.73 Å². The first-order chi connectivity index (χ1) is 5.61. The topological polar surface area (TPSA) is 49.6 Å². The van der Waals surface area contributed by atoms with Gasteiger partial charge in [-0.25, -0.2) is 0 Å². The zero-order chi connectivity index (χ0) is 9.14. The number of carbonyl (C=O) groups excluding carboxylic acids is 1. The van der Waals surface area contributed by atoms with Crippen molar-refractivity contribution in [3.05, 3.63) is 0 Å². The maximum Gasteiger partial charge on any atom is 0.231 e. The van der Waals surface area contributed by atoms with Gasteiger partial charge in [-0.05, 0) is 20.4 Å². The van der Waals surface area contributed by atoms with Crippen molar-refractivity contribution in [2.24, 2.45) is 5.73 Å². The zero-order valence-corrected chi connectivity index (χ0v) is 7.79. The van der Waals surface area contributed by atoms with E-state index in [-0.39, 0.29) is 5.91 Å². The summed E-state index contributed by atoms with van der Waals surface area (Å²) in [5.41, 5.74) is 5.13. The van der Waals surface area contributed by atoms with Crippen LogP contribution in [0, 0.1) is 0 Å². The van der Waals surface area contributed by atoms with Crippen LogP contribution >= 0.6 is 0 Å². The van der Waals surface area contributed by atoms with E-state index in [0.717, 1.165) is 19.5 Å². The van der Waals surface area contributed by atoms with Crippen molar-refractivity contribution in [3.8, 4) is 0 Å². The maximum absolute atomic E-state index is 10.7. The predicted molar refractivity (Wildman–Crippen MR) is 47.5 cm³/mol. The van der Waals surface area contributed by atoms with Crippen LogP contribution < -0.4 is 5.73 Å². The number of nitrogens with two attached hydrogens (primary N) is 1. The highest BCUT2D eigenvalue weighted by molar-refractivity contribution is 5.75. The molecule has 0 bridgehead atoms. The van der Waals surface area contributed by atoms with Crippen molar-refractivity contribution < 1.29 is 4.79 Å². The van der Waals surface area contributed by atoms with Crippen molar-refractivity contribution in [2.45, 2.75) is 19.5 Å². The van der Waals surface area contributed by atoms with E-state index >= 15 is 0 Å². The first-order valence-corrected chi connectivity index (χ1v) is 4.34. The summed E-state index contributed by atoms with van der Waals surface area (Å²) in [4.78, 5) is 15.0. The van der Waals surface area contributed by atoms with Crippen LogP contribution in [0.25, 0.3) is 0 Å². The summed E-state index contributed by atoms with van der Waals surface area (Å²) >= 11 is 0. The fourth-order valence-corrected chi connectivity index (χ4v) is 1.59. The lowest BCUT2D eigenvalue weighted by molar-refractivity contribution is -0.121. The van der Waals surface area contributed by atoms with Gasteiger partial charge in [0, 0.05) is 13.1 Å². The van der Waals surface area contributed by atoms with Crippen LogP contribution in [0.5, 0.6) is 0 Å². The van der Waals surface area contributed by atoms with Crippen molar-refractivity contribution >= 4 is 5.91 Å². The summed E-state index contributed by atoms with van der Waals surface area (Å²) in [6.45, 7) is 4.57. The Balaban J connectivity index is 2.46. The average Bonchev–Trinajstić information content (AvgIpc) is 1.98. The second-order valence-electron chi connectivity index (χ2n) is 3.40. The molecule has 0 aliphatic carbocycles. The third-order valence-electron chi connectivity index (χ3n) is 2.48. The van der Waals surface area contributed by atoms with E-state index in [0.29, 0.717) is 12.7 Å². The second-order valence-corrected chi connectivity index (χ2v) is 3.40. The molecule has 4 heteroatoms. The molecule has 0 radical (unpaired) electrons. The molecule has 1 saturated heterocycles. The van der Waals surface area contributed by atoms with Gasteiger partial charge >= 0.3 is 0 Å². The maximum atomic E-state index is 10.7. The minimum Gasteiger partial charge on any atom is -0.369 e. The molecular weight excluding hydrogens is 154 g/mol. The van der Waals surface area contributed by atoms with Gasteiger partial charge < -0.3 is 5.73 Å². The number of primary amides is 1. The fourth-order valence-electron chi connectivity index (χ4n) is 1.59. The molecule has 1 aliphatic heterocycles. The summed E-state index contributed by atoms with van der Waals surface area (Å²) in [5, 5.41) is 0. The molecule has 1 rings (SSSR count). The Bertz CT molecular complexity index is 172. The predicted octanol–water partition coefficient (Wildman–Crippen LogP) is -0.545. The van der Waals surface area contributed by atoms with Crippen LogP contribution in [-0.2, 0) is 4.79 Å². The van der Waals surface area contributed by atoms with Crippen molar-refractivity contribution in [1.82, 2.24) is 9.80 Å². The van der Waals surface area contributed by atoms with Crippen LogP contribution in [0.15, 0.2) is 0 Å². The highest BCUT2D eigenvalue weighted by atomic mass is 16.1. The van der Waals surface area contributed by atoms with E-state index in [1.165, 1.54) is 0 Å². The molecule has 1 unspecified atom stereocenters. The van der Waals surface area contributed by atoms with Crippen LogP contribution in [0.1, 0.15) is 13.3 Å². The summed E-state index contributed by atoms with van der Waals surface area (Å²) < 4.78 is 0. The van der Waals surface area contributed by atoms with Gasteiger partial charge in [0.25, 0.3) is 0 Å². The first kappa shape index (κ1) is 9.48. The van der Waals surface area contributed by atoms with E-state index in [9.17, 15) is 4.79 Å². The Morgan fingerprint density at radius 3 is 2.83 bits per heavy atom. The Labute approximate surface area is 73.3 Å². The normalized spacial score (nSPS) is 27.3. The molecule has 12 heavy (non-hydrogen) atoms. The van der Waals surface area contributed by atoms with Gasteiger partial charge in [-0.15, -0.1) is 0 Å². The summed E-state index contributed by atoms with van der Waals surface area (Å²) in [6, 6.07) is 0. The zero-order valence-electron chi connectivity index (χ0n) is 7.79. The first-order valence-electron chi connectivity index (χ1n) is 4.34. The molecule has 1 aliphatic rings. The Morgan fingerprint density at radius 1 is 1.58 bits per heavy atom. The average molecular weight is 171 g/mol. The van der Waals surface area contributed by atoms with Gasteiger partial charge in [-0.3, -0.25) is 14.6 Å². The molecule has 0 aromatic carbocycles. The largest absolute Gasteiger partial charge is 0.369 e. The van der Waals surface area contributed by atoms with Crippen LogP contribution in [0.4, 0.5) is 0 Å². The smallest absolute Gasteiger partial charge is 0.231 e. The van der Waals surface area contributed by atoms with Gasteiger partial charge in [0.15, 0.2) is 0 Å². The van der Waals surface area contributed by atoms with Crippen LogP contribution in [-0.4, -0.2) is 48.6 Å². The molecule has 0 aromatic rings. The number of nitrogens with zero attached hydrogens (tertiary/aromatic N) is 2. The third kappa shape index (κ3) is 2.19. The minimum absolute atomic E-state index is 0.239. The highest BCUT2D eigenvalue weighted by Crippen LogP contribution is 2.10. The van der Waals surface area contributed by atoms with Crippen LogP contribution in [0.3, 0.4) is 0 Å². The SMILES string of the molecule is CC1N(C)CCCN1CC(N)=O. The molecule has 0 aromatic heterocycles. The monoisotopic (exact) mass is 171 g/mol. The van der Waals surface area contributed by atoms with Gasteiger partial charge in [0.1, 0.15) is 0 Å². The van der Waals surface area contributed by atoms with Gasteiger partial charge in [-0.2, -0.15) is 0 Å². The number of rotatable bonds is 2. The molecule has 1 amide bonds. The number of carbonyl (C=O) groups is 1. The Hall–Kier alpha value is -0.610. The molecule has 0 saturated carbocycles. The van der Waals surface area contributed by atoms with Crippen molar-refractivity contribution in [2.75, 3.05) is 26.7 Å². The van der Waals surface area contributed by atoms with E-state index < -0.39 is 0 Å². The molecule has 1 fully saturated rings. The lowest BCUT2D eigenvalue weighted by Crippen LogP contribution is -2.52. The van der Waals surface area contributed by atoms with Crippen molar-refractivity contribution in [3.63, 3.8) is 0 Å². The molecule has 70 valence electrons. The second kappa shape index (κ2) is 3.87. The molecule has 1 heterocycles. The summed E-state index contributed by atoms with van der Waals surface area (Å²) in [7, 11) is 2.07. The summed E-state index contributed by atoms with van der Waals surface area (Å²) in [6.07, 6.45) is 1.46. The van der Waals surface area contributed by atoms with Gasteiger partial charge in [0.05, 0.1) is 12.7 Å².